The lowest BCUT2D eigenvalue weighted by Gasteiger charge is -2.46. The summed E-state index contributed by atoms with van der Waals surface area (Å²) >= 11 is 6.40. The van der Waals surface area contributed by atoms with E-state index < -0.39 is 21.2 Å². The third-order valence-electron chi connectivity index (χ3n) is 10.3. The maximum absolute atomic E-state index is 13.4. The van der Waals surface area contributed by atoms with E-state index in [-0.39, 0.29) is 17.4 Å². The SMILES string of the molecule is CO[C@H]1C/C=C\[C@H](C)[C@@H](C)S(=O)(=O)NC(=O)c2ccc3c(c2)N(C[C@@H]2CC[C@H]21)C[C@@]1(CCCc2cc(Cl)ccc21)CO3. The van der Waals surface area contributed by atoms with E-state index >= 15 is 0 Å². The largest absolute Gasteiger partial charge is 0.490 e. The van der Waals surface area contributed by atoms with Gasteiger partial charge in [0.2, 0.25) is 10.0 Å². The van der Waals surface area contributed by atoms with E-state index in [9.17, 15) is 13.2 Å². The van der Waals surface area contributed by atoms with Crippen molar-refractivity contribution in [3.63, 3.8) is 0 Å². The van der Waals surface area contributed by atoms with Crippen LogP contribution in [0.1, 0.15) is 67.4 Å². The van der Waals surface area contributed by atoms with Crippen LogP contribution < -0.4 is 14.4 Å². The molecule has 2 aliphatic carbocycles. The van der Waals surface area contributed by atoms with Crippen LogP contribution in [0.4, 0.5) is 5.69 Å². The van der Waals surface area contributed by atoms with Gasteiger partial charge in [-0.3, -0.25) is 4.79 Å². The summed E-state index contributed by atoms with van der Waals surface area (Å²) in [6, 6.07) is 11.5. The van der Waals surface area contributed by atoms with Gasteiger partial charge in [-0.05, 0) is 105 Å². The summed E-state index contributed by atoms with van der Waals surface area (Å²) in [5.41, 5.74) is 3.48. The lowest BCUT2D eigenvalue weighted by Crippen LogP contribution is -2.49. The Hall–Kier alpha value is -2.55. The minimum atomic E-state index is -3.90. The molecule has 0 saturated heterocycles. The highest BCUT2D eigenvalue weighted by Crippen LogP contribution is 2.47. The van der Waals surface area contributed by atoms with Crippen molar-refractivity contribution in [1.29, 1.82) is 0 Å². The van der Waals surface area contributed by atoms with Crippen molar-refractivity contribution >= 4 is 33.2 Å². The maximum Gasteiger partial charge on any atom is 0.264 e. The van der Waals surface area contributed by atoms with Gasteiger partial charge in [0.25, 0.3) is 5.91 Å². The predicted octanol–water partition coefficient (Wildman–Crippen LogP) is 5.90. The first-order valence-corrected chi connectivity index (χ1v) is 17.1. The molecule has 1 spiro atoms. The molecule has 6 rings (SSSR count). The predicted molar refractivity (Wildman–Crippen MR) is 166 cm³/mol. The minimum absolute atomic E-state index is 0.0623. The molecular weight excluding hydrogens is 572 g/mol. The first kappa shape index (κ1) is 29.5. The number of benzene rings is 2. The Kier molecular flexibility index (Phi) is 8.09. The van der Waals surface area contributed by atoms with Crippen molar-refractivity contribution in [2.45, 2.75) is 69.1 Å². The van der Waals surface area contributed by atoms with E-state index in [0.29, 0.717) is 24.0 Å². The summed E-state index contributed by atoms with van der Waals surface area (Å²) in [4.78, 5) is 15.7. The number of aryl methyl sites for hydroxylation is 1. The molecule has 1 saturated carbocycles. The Morgan fingerprint density at radius 1 is 1.14 bits per heavy atom. The van der Waals surface area contributed by atoms with Crippen molar-refractivity contribution in [1.82, 2.24) is 4.72 Å². The number of nitrogens with one attached hydrogen (secondary N) is 1. The Morgan fingerprint density at radius 3 is 2.74 bits per heavy atom. The van der Waals surface area contributed by atoms with Gasteiger partial charge in [-0.25, -0.2) is 13.1 Å². The molecule has 0 unspecified atom stereocenters. The number of ether oxygens (including phenoxy) is 2. The van der Waals surface area contributed by atoms with Crippen molar-refractivity contribution in [2.75, 3.05) is 31.7 Å². The second-order valence-electron chi connectivity index (χ2n) is 12.8. The van der Waals surface area contributed by atoms with Crippen molar-refractivity contribution in [2.24, 2.45) is 17.8 Å². The van der Waals surface area contributed by atoms with Gasteiger partial charge in [0, 0.05) is 36.2 Å². The van der Waals surface area contributed by atoms with Crippen molar-refractivity contribution in [3.8, 4) is 5.75 Å². The van der Waals surface area contributed by atoms with E-state index in [1.807, 2.05) is 37.3 Å². The Labute approximate surface area is 254 Å². The van der Waals surface area contributed by atoms with Crippen LogP contribution in [0.15, 0.2) is 48.6 Å². The van der Waals surface area contributed by atoms with Gasteiger partial charge in [-0.1, -0.05) is 36.7 Å². The number of allylic oxidation sites excluding steroid dienone is 1. The number of hydrogen-bond donors (Lipinski definition) is 1. The highest BCUT2D eigenvalue weighted by Gasteiger charge is 2.44. The summed E-state index contributed by atoms with van der Waals surface area (Å²) in [6.07, 6.45) is 10.0. The number of amides is 1. The van der Waals surface area contributed by atoms with Gasteiger partial charge in [0.05, 0.1) is 23.6 Å². The number of hydrogen-bond acceptors (Lipinski definition) is 6. The number of carbonyl (C=O) groups is 1. The molecule has 2 aromatic rings. The zero-order valence-electron chi connectivity index (χ0n) is 24.6. The molecule has 42 heavy (non-hydrogen) atoms. The molecule has 1 N–H and O–H groups in total. The van der Waals surface area contributed by atoms with E-state index in [0.717, 1.165) is 68.1 Å². The van der Waals surface area contributed by atoms with Crippen LogP contribution in [-0.2, 0) is 26.6 Å². The number of rotatable bonds is 1. The van der Waals surface area contributed by atoms with Crippen LogP contribution in [0.3, 0.4) is 0 Å². The molecule has 2 heterocycles. The van der Waals surface area contributed by atoms with Crippen LogP contribution in [-0.4, -0.2) is 52.5 Å². The highest BCUT2D eigenvalue weighted by molar-refractivity contribution is 7.90. The van der Waals surface area contributed by atoms with Gasteiger partial charge < -0.3 is 14.4 Å². The molecule has 2 bridgehead atoms. The molecule has 2 aromatic carbocycles. The fourth-order valence-electron chi connectivity index (χ4n) is 7.44. The van der Waals surface area contributed by atoms with Gasteiger partial charge >= 0.3 is 0 Å². The molecule has 0 aromatic heterocycles. The normalized spacial score (nSPS) is 33.3. The molecule has 1 fully saturated rings. The quantitative estimate of drug-likeness (QED) is 0.404. The van der Waals surface area contributed by atoms with Gasteiger partial charge in [-0.15, -0.1) is 0 Å². The van der Waals surface area contributed by atoms with Crippen LogP contribution in [0.2, 0.25) is 5.02 Å². The highest BCUT2D eigenvalue weighted by atomic mass is 35.5. The number of fused-ring (bicyclic) bond motifs is 4. The van der Waals surface area contributed by atoms with Crippen LogP contribution in [0.25, 0.3) is 0 Å². The van der Waals surface area contributed by atoms with E-state index in [2.05, 4.69) is 21.8 Å². The summed E-state index contributed by atoms with van der Waals surface area (Å²) in [6.45, 7) is 5.59. The second kappa shape index (κ2) is 11.5. The third kappa shape index (κ3) is 5.46. The molecule has 0 radical (unpaired) electrons. The maximum atomic E-state index is 13.4. The summed E-state index contributed by atoms with van der Waals surface area (Å²) in [7, 11) is -2.13. The number of sulfonamides is 1. The average Bonchev–Trinajstić information content (AvgIpc) is 3.10. The van der Waals surface area contributed by atoms with Crippen LogP contribution in [0.5, 0.6) is 5.75 Å². The van der Waals surface area contributed by atoms with Crippen LogP contribution in [0, 0.1) is 17.8 Å². The summed E-state index contributed by atoms with van der Waals surface area (Å²) in [5.74, 6) is 0.666. The zero-order chi connectivity index (χ0) is 29.6. The molecule has 9 heteroatoms. The van der Waals surface area contributed by atoms with E-state index in [4.69, 9.17) is 21.1 Å². The standard InChI is InChI=1S/C33H41ClN2O5S/c1-21-6-4-8-30(40-3)27-12-9-25(27)18-36-19-33(15-5-7-23-16-26(34)11-13-28(23)33)20-41-31-14-10-24(17-29(31)36)32(37)35-42(38,39)22(21)2/h4,6,10-11,13-14,16-17,21-22,25,27,30H,5,7-9,12,15,18-20H2,1-3H3,(H,35,37)/b6-4-/t21-,22+,25-,27+,30-,33-/m0/s1. The molecule has 1 amide bonds. The first-order valence-electron chi connectivity index (χ1n) is 15.2. The lowest BCUT2D eigenvalue weighted by molar-refractivity contribution is -0.0141. The molecule has 2 aliphatic heterocycles. The monoisotopic (exact) mass is 612 g/mol. The Balaban J connectivity index is 1.43. The number of halogens is 1. The molecule has 226 valence electrons. The number of nitrogens with zero attached hydrogens (tertiary/aromatic N) is 1. The Bertz CT molecular complexity index is 1490. The summed E-state index contributed by atoms with van der Waals surface area (Å²) in [5, 5.41) is -0.0247. The number of anilines is 1. The minimum Gasteiger partial charge on any atom is -0.490 e. The van der Waals surface area contributed by atoms with Gasteiger partial charge in [-0.2, -0.15) is 0 Å². The fourth-order valence-corrected chi connectivity index (χ4v) is 8.86. The third-order valence-corrected chi connectivity index (χ3v) is 12.4. The van der Waals surface area contributed by atoms with E-state index in [1.54, 1.807) is 20.1 Å². The van der Waals surface area contributed by atoms with Crippen molar-refractivity contribution in [3.05, 3.63) is 70.3 Å². The number of carbonyl (C=O) groups excluding carboxylic acids is 1. The first-order chi connectivity index (χ1) is 20.1. The van der Waals surface area contributed by atoms with Gasteiger partial charge in [0.1, 0.15) is 5.75 Å². The molecule has 7 nitrogen and oxygen atoms in total. The summed E-state index contributed by atoms with van der Waals surface area (Å²) < 4.78 is 41.3. The molecular formula is C33H41ClN2O5S. The van der Waals surface area contributed by atoms with Gasteiger partial charge in [0.15, 0.2) is 0 Å². The number of methoxy groups -OCH3 is 1. The second-order valence-corrected chi connectivity index (χ2v) is 15.2. The van der Waals surface area contributed by atoms with Crippen molar-refractivity contribution < 1.29 is 22.7 Å². The molecule has 4 aliphatic rings. The van der Waals surface area contributed by atoms with E-state index in [1.165, 1.54) is 11.1 Å². The smallest absolute Gasteiger partial charge is 0.264 e. The fraction of sp³-hybridized carbons (Fsp3) is 0.545. The zero-order valence-corrected chi connectivity index (χ0v) is 26.2. The van der Waals surface area contributed by atoms with Crippen LogP contribution >= 0.6 is 11.6 Å². The average molecular weight is 613 g/mol. The molecule has 6 atom stereocenters. The Morgan fingerprint density at radius 2 is 1.98 bits per heavy atom. The topological polar surface area (TPSA) is 84.9 Å². The lowest BCUT2D eigenvalue weighted by atomic mass is 9.68.